The number of aliphatic hydroxyl groups is 1. The van der Waals surface area contributed by atoms with Gasteiger partial charge in [-0.1, -0.05) is 139 Å². The van der Waals surface area contributed by atoms with Gasteiger partial charge >= 0.3 is 41.7 Å². The third-order valence-electron chi connectivity index (χ3n) is 16.8. The Morgan fingerprint density at radius 3 is 1.19 bits per heavy atom. The van der Waals surface area contributed by atoms with Crippen LogP contribution >= 0.6 is 0 Å². The normalized spacial score (nSPS) is 13.3. The van der Waals surface area contributed by atoms with Gasteiger partial charge in [0.1, 0.15) is 42.5 Å². The zero-order valence-corrected chi connectivity index (χ0v) is 56.3. The SMILES string of the molecule is COc1c(CC(C=O)NC(=O)OCC2c3ccccc3-c3ccccc32)cc(O[Si](C)(C)C(C)(C)C)c(OC)c1C.COc1c(CC(CO)NC(=O)OCC2c3ccccc3-c3ccccc32)cc(O[Si](C)(C)C(C)(C)C)c(OC)c1C.[B].[H-].[Na+]. The molecule has 6 aromatic carbocycles. The zero-order valence-electron chi connectivity index (χ0n) is 53.3. The molecule has 3 N–H and O–H groups in total. The smallest absolute Gasteiger partial charge is 1.00 e. The number of benzene rings is 6. The Bertz CT molecular complexity index is 3190. The average molecular weight is 1190 g/mol. The van der Waals surface area contributed by atoms with Gasteiger partial charge in [0.05, 0.1) is 47.1 Å². The molecule has 0 bridgehead atoms. The van der Waals surface area contributed by atoms with E-state index in [1.165, 1.54) is 11.1 Å². The summed E-state index contributed by atoms with van der Waals surface area (Å²) in [6, 6.07) is 35.1. The molecule has 18 heteroatoms. The minimum atomic E-state index is -2.20. The largest absolute Gasteiger partial charge is 1.00 e. The summed E-state index contributed by atoms with van der Waals surface area (Å²) in [5, 5.41) is 15.8. The minimum Gasteiger partial charge on any atom is -1.00 e. The van der Waals surface area contributed by atoms with Gasteiger partial charge in [-0.3, -0.25) is 0 Å². The van der Waals surface area contributed by atoms with Crippen molar-refractivity contribution in [1.29, 1.82) is 0 Å². The van der Waals surface area contributed by atoms with Gasteiger partial charge in [0.2, 0.25) is 0 Å². The molecule has 0 spiro atoms. The summed E-state index contributed by atoms with van der Waals surface area (Å²) >= 11 is 0. The van der Waals surface area contributed by atoms with Crippen LogP contribution in [0.5, 0.6) is 34.5 Å². The average Bonchev–Trinajstić information content (AvgIpc) is 4.01. The van der Waals surface area contributed by atoms with Crippen LogP contribution in [-0.2, 0) is 27.1 Å². The second-order valence-corrected chi connectivity index (χ2v) is 33.6. The molecule has 0 aliphatic heterocycles. The third-order valence-corrected chi connectivity index (χ3v) is 25.5. The summed E-state index contributed by atoms with van der Waals surface area (Å²) in [4.78, 5) is 38.0. The van der Waals surface area contributed by atoms with E-state index in [0.29, 0.717) is 40.9 Å². The van der Waals surface area contributed by atoms with Crippen molar-refractivity contribution in [1.82, 2.24) is 10.6 Å². The van der Waals surface area contributed by atoms with Crippen molar-refractivity contribution in [3.05, 3.63) is 154 Å². The molecule has 3 radical (unpaired) electrons. The van der Waals surface area contributed by atoms with Crippen LogP contribution in [0.15, 0.2) is 109 Å². The molecule has 14 nitrogen and oxygen atoms in total. The summed E-state index contributed by atoms with van der Waals surface area (Å²) in [6.07, 6.45) is 0.0196. The second kappa shape index (κ2) is 28.8. The van der Waals surface area contributed by atoms with Gasteiger partial charge in [-0.05, 0) is 113 Å². The number of aldehydes is 1. The van der Waals surface area contributed by atoms with E-state index in [0.717, 1.165) is 61.9 Å². The first-order chi connectivity index (χ1) is 38.8. The van der Waals surface area contributed by atoms with Gasteiger partial charge in [0.15, 0.2) is 11.5 Å². The fourth-order valence-corrected chi connectivity index (χ4v) is 12.4. The van der Waals surface area contributed by atoms with Gasteiger partial charge in [0, 0.05) is 48.9 Å². The van der Waals surface area contributed by atoms with Crippen molar-refractivity contribution in [2.45, 2.75) is 128 Å². The maximum Gasteiger partial charge on any atom is 1.00 e. The quantitative estimate of drug-likeness (QED) is 0.0489. The molecule has 0 aromatic heterocycles. The molecule has 2 amide bonds. The number of nitrogens with one attached hydrogen (secondary N) is 2. The van der Waals surface area contributed by atoms with E-state index in [4.69, 9.17) is 37.3 Å². The molecular weight excluding hydrogens is 1100 g/mol. The van der Waals surface area contributed by atoms with Crippen molar-refractivity contribution >= 4 is 43.5 Å². The molecule has 0 saturated heterocycles. The molecule has 6 aromatic rings. The first kappa shape index (κ1) is 68.6. The van der Waals surface area contributed by atoms with Crippen LogP contribution in [0, 0.1) is 13.8 Å². The number of hydrogen-bond donors (Lipinski definition) is 3. The summed E-state index contributed by atoms with van der Waals surface area (Å²) in [5.74, 6) is 3.59. The van der Waals surface area contributed by atoms with Crippen LogP contribution in [0.2, 0.25) is 36.3 Å². The molecule has 0 heterocycles. The van der Waals surface area contributed by atoms with Gasteiger partial charge in [0.25, 0.3) is 16.6 Å². The van der Waals surface area contributed by atoms with Crippen LogP contribution in [0.3, 0.4) is 0 Å². The number of fused-ring (bicyclic) bond motifs is 6. The molecule has 0 saturated carbocycles. The summed E-state index contributed by atoms with van der Waals surface area (Å²) in [5.41, 5.74) is 12.3. The molecule has 443 valence electrons. The second-order valence-electron chi connectivity index (χ2n) is 24.1. The third kappa shape index (κ3) is 15.1. The number of hydrogen-bond acceptors (Lipinski definition) is 12. The molecule has 2 aliphatic carbocycles. The Morgan fingerprint density at radius 2 is 0.881 bits per heavy atom. The van der Waals surface area contributed by atoms with Crippen LogP contribution in [0.25, 0.3) is 22.3 Å². The molecule has 2 aliphatic rings. The zero-order chi connectivity index (χ0) is 59.9. The van der Waals surface area contributed by atoms with Crippen LogP contribution < -0.4 is 68.0 Å². The van der Waals surface area contributed by atoms with E-state index in [1.54, 1.807) is 28.4 Å². The maximum atomic E-state index is 13.0. The number of rotatable bonds is 20. The van der Waals surface area contributed by atoms with Crippen molar-refractivity contribution in [3.63, 3.8) is 0 Å². The van der Waals surface area contributed by atoms with Gasteiger partial charge in [-0.2, -0.15) is 0 Å². The van der Waals surface area contributed by atoms with E-state index in [9.17, 15) is 19.5 Å². The summed E-state index contributed by atoms with van der Waals surface area (Å²) < 4.78 is 47.6. The number of aliphatic hydroxyl groups excluding tert-OH is 1. The number of amides is 2. The van der Waals surface area contributed by atoms with Gasteiger partial charge < -0.3 is 59.2 Å². The number of methoxy groups -OCH3 is 4. The first-order valence-corrected chi connectivity index (χ1v) is 33.8. The Balaban J connectivity index is 0.000000352. The van der Waals surface area contributed by atoms with E-state index in [1.807, 2.05) is 74.5 Å². The Morgan fingerprint density at radius 1 is 0.560 bits per heavy atom. The Kier molecular flexibility index (Phi) is 23.5. The molecule has 2 atom stereocenters. The summed E-state index contributed by atoms with van der Waals surface area (Å²) in [7, 11) is 2.03. The Labute approximate surface area is 525 Å². The van der Waals surface area contributed by atoms with Crippen molar-refractivity contribution < 1.29 is 87.7 Å². The van der Waals surface area contributed by atoms with Crippen LogP contribution in [0.4, 0.5) is 9.59 Å². The fraction of sp³-hybridized carbons (Fsp3) is 0.409. The summed E-state index contributed by atoms with van der Waals surface area (Å²) in [6.45, 7) is 25.7. The van der Waals surface area contributed by atoms with Gasteiger partial charge in [-0.25, -0.2) is 9.59 Å². The molecule has 0 fully saturated rings. The van der Waals surface area contributed by atoms with E-state index in [-0.39, 0.29) is 87.6 Å². The predicted octanol–water partition coefficient (Wildman–Crippen LogP) is 10.6. The monoisotopic (exact) mass is 1190 g/mol. The van der Waals surface area contributed by atoms with E-state index in [2.05, 4.69) is 127 Å². The van der Waals surface area contributed by atoms with E-state index < -0.39 is 40.9 Å². The molecular formula is C66H85BN2NaO12Si2. The van der Waals surface area contributed by atoms with Crippen molar-refractivity contribution in [2.24, 2.45) is 0 Å². The number of alkyl carbamates (subject to hydrolysis) is 2. The van der Waals surface area contributed by atoms with Crippen LogP contribution in [0.1, 0.15) is 99.3 Å². The first-order valence-electron chi connectivity index (χ1n) is 28.0. The van der Waals surface area contributed by atoms with Crippen molar-refractivity contribution in [3.8, 4) is 56.8 Å². The molecule has 8 rings (SSSR count). The van der Waals surface area contributed by atoms with E-state index >= 15 is 0 Å². The number of ether oxygens (including phenoxy) is 6. The Hall–Kier alpha value is -6.21. The standard InChI is InChI=1S/C33H43NO6Si.C33H41NO6Si.B.Na.H/c2*1-21-30(37-5)22(18-29(31(21)38-6)40-41(7,8)33(2,3)4)17-23(19-35)34-32(36)39-20-28-26-15-11-9-13-24(26)25-14-10-12-16-27(25)28;;;/h9-16,18,23,28,35H,17,19-20H2,1-8H3,(H,34,36);9-16,18-19,23,28H,17,20H2,1-8H3,(H,34,36);;;/q;;;+1;-1. The maximum absolute atomic E-state index is 13.0. The fourth-order valence-electron chi connectivity index (χ4n) is 10.4. The van der Waals surface area contributed by atoms with Crippen LogP contribution in [-0.4, -0.2) is 109 Å². The molecule has 84 heavy (non-hydrogen) atoms. The minimum absolute atomic E-state index is 0. The number of carbonyl (C=O) groups is 3. The predicted molar refractivity (Wildman–Crippen MR) is 336 cm³/mol. The number of carbonyl (C=O) groups excluding carboxylic acids is 3. The van der Waals surface area contributed by atoms with Gasteiger partial charge in [-0.15, -0.1) is 0 Å². The molecule has 2 unspecified atom stereocenters. The van der Waals surface area contributed by atoms with Crippen molar-refractivity contribution in [2.75, 3.05) is 48.3 Å². The topological polar surface area (TPSA) is 169 Å².